The Labute approximate surface area is 80.5 Å². The van der Waals surface area contributed by atoms with Gasteiger partial charge in [0.2, 0.25) is 0 Å². The van der Waals surface area contributed by atoms with Crippen LogP contribution in [0.5, 0.6) is 0 Å². The van der Waals surface area contributed by atoms with Crippen LogP contribution in [0.4, 0.5) is 0 Å². The minimum atomic E-state index is -0.960. The summed E-state index contributed by atoms with van der Waals surface area (Å²) in [5, 5.41) is 16.6. The summed E-state index contributed by atoms with van der Waals surface area (Å²) in [5.74, 6) is -0.875. The van der Waals surface area contributed by atoms with Crippen LogP contribution in [0.1, 0.15) is 12.1 Å². The molecule has 1 saturated heterocycles. The van der Waals surface area contributed by atoms with Crippen LogP contribution in [0.25, 0.3) is 0 Å². The van der Waals surface area contributed by atoms with Gasteiger partial charge in [-0.05, 0) is 6.42 Å². The highest BCUT2D eigenvalue weighted by molar-refractivity contribution is 5.81. The zero-order valence-corrected chi connectivity index (χ0v) is 7.80. The average Bonchev–Trinajstić information content (AvgIpc) is 2.72. The second-order valence-electron chi connectivity index (χ2n) is 3.43. The van der Waals surface area contributed by atoms with Crippen LogP contribution in [0.2, 0.25) is 0 Å². The summed E-state index contributed by atoms with van der Waals surface area (Å²) in [6, 6.07) is 0. The summed E-state index contributed by atoms with van der Waals surface area (Å²) in [6.45, 7) is 0.668. The summed E-state index contributed by atoms with van der Waals surface area (Å²) in [4.78, 5) is 11.2. The summed E-state index contributed by atoms with van der Waals surface area (Å²) in [6.07, 6.45) is 1.96. The minimum Gasteiger partial charge on any atom is -0.480 e. The van der Waals surface area contributed by atoms with Crippen LogP contribution in [-0.4, -0.2) is 39.3 Å². The second-order valence-corrected chi connectivity index (χ2v) is 3.43. The molecular weight excluding hydrogens is 186 g/mol. The van der Waals surface area contributed by atoms with E-state index >= 15 is 0 Å². The number of carboxylic acid groups (broad SMARTS) is 1. The first kappa shape index (κ1) is 9.14. The van der Waals surface area contributed by atoms with Gasteiger partial charge in [0.25, 0.3) is 0 Å². The third-order valence-corrected chi connectivity index (χ3v) is 2.64. The number of rotatable bonds is 2. The van der Waals surface area contributed by atoms with Crippen molar-refractivity contribution >= 4 is 5.97 Å². The molecule has 1 aliphatic heterocycles. The van der Waals surface area contributed by atoms with Crippen LogP contribution in [-0.2, 0) is 22.0 Å². The number of carboxylic acids is 1. The molecule has 1 aromatic rings. The smallest absolute Gasteiger partial charge is 0.318 e. The molecule has 0 spiro atoms. The summed E-state index contributed by atoms with van der Waals surface area (Å²) in [7, 11) is 1.69. The lowest BCUT2D eigenvalue weighted by molar-refractivity contribution is -0.144. The maximum Gasteiger partial charge on any atom is 0.318 e. The Kier molecular flexibility index (Phi) is 1.99. The second kappa shape index (κ2) is 3.06. The highest BCUT2D eigenvalue weighted by Gasteiger charge is 2.46. The number of aliphatic carboxylic acids is 1. The molecule has 0 saturated carbocycles. The van der Waals surface area contributed by atoms with Crippen molar-refractivity contribution in [2.45, 2.75) is 11.8 Å². The molecule has 1 fully saturated rings. The Morgan fingerprint density at radius 3 is 3.00 bits per heavy atom. The molecule has 1 aromatic heterocycles. The van der Waals surface area contributed by atoms with E-state index in [1.165, 1.54) is 10.9 Å². The molecular formula is C8H11N3O3. The van der Waals surface area contributed by atoms with Crippen LogP contribution < -0.4 is 0 Å². The van der Waals surface area contributed by atoms with E-state index in [0.717, 1.165) is 0 Å². The number of aromatic nitrogens is 3. The van der Waals surface area contributed by atoms with Crippen LogP contribution >= 0.6 is 0 Å². The molecule has 76 valence electrons. The zero-order valence-electron chi connectivity index (χ0n) is 7.80. The molecule has 1 aliphatic rings. The molecule has 1 atom stereocenters. The summed E-state index contributed by atoms with van der Waals surface area (Å²) >= 11 is 0. The van der Waals surface area contributed by atoms with Gasteiger partial charge >= 0.3 is 5.97 Å². The normalized spacial score (nSPS) is 26.6. The zero-order chi connectivity index (χ0) is 10.2. The number of hydrogen-bond donors (Lipinski definition) is 1. The van der Waals surface area contributed by atoms with Gasteiger partial charge in [-0.15, -0.1) is 5.10 Å². The van der Waals surface area contributed by atoms with E-state index in [1.54, 1.807) is 7.05 Å². The molecule has 0 radical (unpaired) electrons. The number of nitrogens with zero attached hydrogens (tertiary/aromatic N) is 3. The maximum atomic E-state index is 11.2. The molecule has 1 N–H and O–H groups in total. The van der Waals surface area contributed by atoms with Gasteiger partial charge in [0.15, 0.2) is 0 Å². The van der Waals surface area contributed by atoms with Crippen LogP contribution in [0.3, 0.4) is 0 Å². The quantitative estimate of drug-likeness (QED) is 0.695. The number of hydrogen-bond acceptors (Lipinski definition) is 4. The largest absolute Gasteiger partial charge is 0.480 e. The lowest BCUT2D eigenvalue weighted by atomic mass is 9.84. The Morgan fingerprint density at radius 1 is 1.79 bits per heavy atom. The van der Waals surface area contributed by atoms with Gasteiger partial charge in [-0.25, -0.2) is 0 Å². The number of carbonyl (C=O) groups is 1. The Hall–Kier alpha value is -1.43. The third kappa shape index (κ3) is 1.11. The fraction of sp³-hybridized carbons (Fsp3) is 0.625. The first-order valence-electron chi connectivity index (χ1n) is 4.33. The SMILES string of the molecule is Cn1nncc1C1(C(=O)O)CCOC1. The van der Waals surface area contributed by atoms with E-state index in [4.69, 9.17) is 4.74 Å². The summed E-state index contributed by atoms with van der Waals surface area (Å²) < 4.78 is 6.64. The molecule has 0 amide bonds. The van der Waals surface area contributed by atoms with E-state index < -0.39 is 11.4 Å². The van der Waals surface area contributed by atoms with Crippen molar-refractivity contribution in [2.75, 3.05) is 13.2 Å². The standard InChI is InChI=1S/C8H11N3O3/c1-11-6(4-9-10-11)8(7(12)13)2-3-14-5-8/h4H,2-3,5H2,1H3,(H,12,13). The molecule has 6 nitrogen and oxygen atoms in total. The van der Waals surface area contributed by atoms with Crippen LogP contribution in [0, 0.1) is 0 Å². The highest BCUT2D eigenvalue weighted by Crippen LogP contribution is 2.32. The fourth-order valence-electron chi connectivity index (χ4n) is 1.77. The molecule has 2 heterocycles. The molecule has 14 heavy (non-hydrogen) atoms. The van der Waals surface area contributed by atoms with E-state index in [2.05, 4.69) is 10.3 Å². The maximum absolute atomic E-state index is 11.2. The fourth-order valence-corrected chi connectivity index (χ4v) is 1.77. The lowest BCUT2D eigenvalue weighted by Crippen LogP contribution is -2.38. The molecule has 0 aliphatic carbocycles. The summed E-state index contributed by atoms with van der Waals surface area (Å²) in [5.41, 5.74) is -0.361. The monoisotopic (exact) mass is 197 g/mol. The third-order valence-electron chi connectivity index (χ3n) is 2.64. The van der Waals surface area contributed by atoms with E-state index in [0.29, 0.717) is 18.7 Å². The van der Waals surface area contributed by atoms with Crippen molar-refractivity contribution in [3.8, 4) is 0 Å². The molecule has 0 bridgehead atoms. The highest BCUT2D eigenvalue weighted by atomic mass is 16.5. The minimum absolute atomic E-state index is 0.198. The average molecular weight is 197 g/mol. The van der Waals surface area contributed by atoms with E-state index in [9.17, 15) is 9.90 Å². The van der Waals surface area contributed by atoms with Gasteiger partial charge < -0.3 is 9.84 Å². The van der Waals surface area contributed by atoms with Crippen molar-refractivity contribution in [3.05, 3.63) is 11.9 Å². The topological polar surface area (TPSA) is 77.2 Å². The van der Waals surface area contributed by atoms with Gasteiger partial charge in [0.05, 0.1) is 18.5 Å². The van der Waals surface area contributed by atoms with Gasteiger partial charge in [0, 0.05) is 13.7 Å². The van der Waals surface area contributed by atoms with Crippen molar-refractivity contribution in [3.63, 3.8) is 0 Å². The van der Waals surface area contributed by atoms with Gasteiger partial charge in [-0.3, -0.25) is 9.48 Å². The molecule has 1 unspecified atom stereocenters. The lowest BCUT2D eigenvalue weighted by Gasteiger charge is -2.20. The predicted octanol–water partition coefficient (Wildman–Crippen LogP) is -0.442. The van der Waals surface area contributed by atoms with E-state index in [1.807, 2.05) is 0 Å². The Morgan fingerprint density at radius 2 is 2.57 bits per heavy atom. The van der Waals surface area contributed by atoms with Crippen molar-refractivity contribution in [1.29, 1.82) is 0 Å². The molecule has 2 rings (SSSR count). The van der Waals surface area contributed by atoms with Crippen molar-refractivity contribution in [2.24, 2.45) is 7.05 Å². The van der Waals surface area contributed by atoms with Gasteiger partial charge in [-0.2, -0.15) is 0 Å². The van der Waals surface area contributed by atoms with Crippen molar-refractivity contribution < 1.29 is 14.6 Å². The van der Waals surface area contributed by atoms with Gasteiger partial charge in [0.1, 0.15) is 5.41 Å². The Balaban J connectivity index is 2.46. The number of aryl methyl sites for hydroxylation is 1. The van der Waals surface area contributed by atoms with E-state index in [-0.39, 0.29) is 6.61 Å². The first-order valence-corrected chi connectivity index (χ1v) is 4.33. The molecule has 6 heteroatoms. The Bertz CT molecular complexity index is 354. The van der Waals surface area contributed by atoms with Gasteiger partial charge in [-0.1, -0.05) is 5.21 Å². The predicted molar refractivity (Wildman–Crippen MR) is 45.8 cm³/mol. The number of ether oxygens (including phenoxy) is 1. The van der Waals surface area contributed by atoms with Crippen LogP contribution in [0.15, 0.2) is 6.20 Å². The van der Waals surface area contributed by atoms with Crippen molar-refractivity contribution in [1.82, 2.24) is 15.0 Å². The molecule has 0 aromatic carbocycles. The first-order chi connectivity index (χ1) is 6.67.